The molecule has 1 aromatic heterocycles. The van der Waals surface area contributed by atoms with E-state index >= 15 is 0 Å². The minimum absolute atomic E-state index is 0.0166. The van der Waals surface area contributed by atoms with Crippen molar-refractivity contribution in [3.63, 3.8) is 0 Å². The van der Waals surface area contributed by atoms with Gasteiger partial charge < -0.3 is 21.1 Å². The highest BCUT2D eigenvalue weighted by Crippen LogP contribution is 2.40. The van der Waals surface area contributed by atoms with E-state index in [9.17, 15) is 5.11 Å². The van der Waals surface area contributed by atoms with E-state index in [4.69, 9.17) is 0 Å². The van der Waals surface area contributed by atoms with Gasteiger partial charge in [0.05, 0.1) is 18.3 Å². The van der Waals surface area contributed by atoms with Gasteiger partial charge >= 0.3 is 0 Å². The lowest BCUT2D eigenvalue weighted by Crippen LogP contribution is -2.30. The highest BCUT2D eigenvalue weighted by Gasteiger charge is 2.26. The number of aromatic nitrogens is 2. The summed E-state index contributed by atoms with van der Waals surface area (Å²) in [5.74, 6) is 3.28. The van der Waals surface area contributed by atoms with Gasteiger partial charge in [-0.15, -0.1) is 0 Å². The Morgan fingerprint density at radius 1 is 1.20 bits per heavy atom. The van der Waals surface area contributed by atoms with Crippen LogP contribution in [0, 0.1) is 11.8 Å². The summed E-state index contributed by atoms with van der Waals surface area (Å²) in [7, 11) is 0. The maximum absolute atomic E-state index is 9.56. The van der Waals surface area contributed by atoms with Crippen LogP contribution in [0.3, 0.4) is 0 Å². The number of nitrogens with one attached hydrogen (secondary N) is 3. The van der Waals surface area contributed by atoms with Crippen molar-refractivity contribution < 1.29 is 5.11 Å². The molecule has 6 heteroatoms. The maximum atomic E-state index is 9.56. The van der Waals surface area contributed by atoms with Crippen molar-refractivity contribution in [1.82, 2.24) is 15.3 Å². The number of aliphatic hydroxyl groups is 1. The Morgan fingerprint density at radius 3 is 2.60 bits per heavy atom. The monoisotopic (exact) mass is 347 g/mol. The number of piperidine rings is 1. The molecule has 0 bridgehead atoms. The van der Waals surface area contributed by atoms with E-state index in [1.54, 1.807) is 0 Å². The predicted molar refractivity (Wildman–Crippen MR) is 102 cm³/mol. The molecule has 0 spiro atoms. The Labute approximate surface area is 151 Å². The molecule has 4 N–H and O–H groups in total. The molecular formula is C19H33N5O. The van der Waals surface area contributed by atoms with Crippen LogP contribution in [0.5, 0.6) is 0 Å². The fourth-order valence-corrected chi connectivity index (χ4v) is 3.37. The fraction of sp³-hybridized carbons (Fsp3) is 0.789. The summed E-state index contributed by atoms with van der Waals surface area (Å²) >= 11 is 0. The van der Waals surface area contributed by atoms with Gasteiger partial charge in [0.15, 0.2) is 0 Å². The third kappa shape index (κ3) is 5.54. The van der Waals surface area contributed by atoms with Crippen LogP contribution < -0.4 is 16.0 Å². The van der Waals surface area contributed by atoms with Crippen LogP contribution >= 0.6 is 0 Å². The number of anilines is 2. The summed E-state index contributed by atoms with van der Waals surface area (Å²) in [6.07, 6.45) is 6.19. The summed E-state index contributed by atoms with van der Waals surface area (Å²) in [5.41, 5.74) is 1.13. The largest absolute Gasteiger partial charge is 0.394 e. The van der Waals surface area contributed by atoms with Crippen molar-refractivity contribution >= 4 is 11.8 Å². The molecule has 6 nitrogen and oxygen atoms in total. The summed E-state index contributed by atoms with van der Waals surface area (Å²) < 4.78 is 0. The van der Waals surface area contributed by atoms with Gasteiger partial charge in [0, 0.05) is 18.5 Å². The molecule has 2 heterocycles. The van der Waals surface area contributed by atoms with Gasteiger partial charge in [0.2, 0.25) is 5.95 Å². The number of hydrogen-bond donors (Lipinski definition) is 4. The first-order valence-electron chi connectivity index (χ1n) is 9.86. The molecule has 0 amide bonds. The van der Waals surface area contributed by atoms with Crippen molar-refractivity contribution in [1.29, 1.82) is 0 Å². The third-order valence-electron chi connectivity index (χ3n) is 5.37. The molecule has 1 aromatic rings. The van der Waals surface area contributed by atoms with Crippen LogP contribution in [-0.2, 0) is 0 Å². The van der Waals surface area contributed by atoms with Crippen LogP contribution in [0.15, 0.2) is 6.07 Å². The third-order valence-corrected chi connectivity index (χ3v) is 5.37. The van der Waals surface area contributed by atoms with E-state index in [1.807, 2.05) is 0 Å². The molecule has 0 aromatic carbocycles. The van der Waals surface area contributed by atoms with E-state index in [0.29, 0.717) is 17.8 Å². The molecular weight excluding hydrogens is 314 g/mol. The molecule has 1 saturated carbocycles. The average Bonchev–Trinajstić information content (AvgIpc) is 3.45. The molecule has 1 aliphatic heterocycles. The molecule has 1 saturated heterocycles. The van der Waals surface area contributed by atoms with Crippen LogP contribution in [0.25, 0.3) is 0 Å². The smallest absolute Gasteiger partial charge is 0.225 e. The van der Waals surface area contributed by atoms with Crippen molar-refractivity contribution in [2.24, 2.45) is 11.8 Å². The highest BCUT2D eigenvalue weighted by atomic mass is 16.3. The lowest BCUT2D eigenvalue weighted by Gasteiger charge is -2.23. The molecule has 2 fully saturated rings. The Hall–Kier alpha value is -1.40. The normalized spacial score (nSPS) is 19.8. The first kappa shape index (κ1) is 18.4. The Morgan fingerprint density at radius 2 is 1.96 bits per heavy atom. The molecule has 25 heavy (non-hydrogen) atoms. The van der Waals surface area contributed by atoms with Gasteiger partial charge in [-0.1, -0.05) is 13.8 Å². The Balaban J connectivity index is 1.61. The van der Waals surface area contributed by atoms with E-state index in [2.05, 4.69) is 45.8 Å². The molecule has 0 radical (unpaired) electrons. The van der Waals surface area contributed by atoms with Crippen molar-refractivity contribution in [3.05, 3.63) is 11.8 Å². The van der Waals surface area contributed by atoms with Crippen LogP contribution in [0.4, 0.5) is 11.8 Å². The summed E-state index contributed by atoms with van der Waals surface area (Å²) in [4.78, 5) is 9.32. The van der Waals surface area contributed by atoms with Crippen LogP contribution in [0.1, 0.15) is 57.6 Å². The standard InChI is InChI=1S/C19H33N5O/c1-13(2)17(12-25)23-19-22-16(15-3-4-15)11-18(24-19)21-10-7-14-5-8-20-9-6-14/h11,13-15,17,20,25H,3-10,12H2,1-2H3,(H2,21,22,23,24)/t17-/m1/s1. The van der Waals surface area contributed by atoms with Gasteiger partial charge in [-0.2, -0.15) is 4.98 Å². The van der Waals surface area contributed by atoms with E-state index in [1.165, 1.54) is 32.1 Å². The first-order chi connectivity index (χ1) is 12.2. The topological polar surface area (TPSA) is 82.1 Å². The Bertz CT molecular complexity index is 541. The minimum atomic E-state index is -0.0166. The number of hydrogen-bond acceptors (Lipinski definition) is 6. The zero-order valence-corrected chi connectivity index (χ0v) is 15.6. The van der Waals surface area contributed by atoms with Crippen LogP contribution in [0.2, 0.25) is 0 Å². The highest BCUT2D eigenvalue weighted by molar-refractivity contribution is 5.44. The number of aliphatic hydroxyl groups excluding tert-OH is 1. The van der Waals surface area contributed by atoms with E-state index in [0.717, 1.165) is 37.1 Å². The molecule has 2 aliphatic rings. The van der Waals surface area contributed by atoms with Crippen LogP contribution in [-0.4, -0.2) is 47.4 Å². The van der Waals surface area contributed by atoms with Gasteiger partial charge in [0.1, 0.15) is 5.82 Å². The predicted octanol–water partition coefficient (Wildman–Crippen LogP) is 2.58. The Kier molecular flexibility index (Phi) is 6.48. The molecule has 1 atom stereocenters. The van der Waals surface area contributed by atoms with E-state index < -0.39 is 0 Å². The SMILES string of the molecule is CC(C)[C@@H](CO)Nc1nc(NCCC2CCNCC2)cc(C2CC2)n1. The molecule has 140 valence electrons. The second-order valence-corrected chi connectivity index (χ2v) is 7.86. The van der Waals surface area contributed by atoms with Crippen molar-refractivity contribution in [2.45, 2.75) is 57.9 Å². The fourth-order valence-electron chi connectivity index (χ4n) is 3.37. The zero-order chi connectivity index (χ0) is 17.6. The molecule has 0 unspecified atom stereocenters. The average molecular weight is 348 g/mol. The lowest BCUT2D eigenvalue weighted by molar-refractivity contribution is 0.248. The van der Waals surface area contributed by atoms with Crippen molar-refractivity contribution in [2.75, 3.05) is 36.9 Å². The summed E-state index contributed by atoms with van der Waals surface area (Å²) in [5, 5.41) is 19.8. The number of rotatable bonds is 9. The second kappa shape index (κ2) is 8.81. The minimum Gasteiger partial charge on any atom is -0.394 e. The quantitative estimate of drug-likeness (QED) is 0.550. The number of nitrogens with zero attached hydrogens (tertiary/aromatic N) is 2. The zero-order valence-electron chi connectivity index (χ0n) is 15.6. The second-order valence-electron chi connectivity index (χ2n) is 7.86. The van der Waals surface area contributed by atoms with Gasteiger partial charge in [-0.25, -0.2) is 4.98 Å². The van der Waals surface area contributed by atoms with Gasteiger partial charge in [0.25, 0.3) is 0 Å². The summed E-state index contributed by atoms with van der Waals surface area (Å²) in [6.45, 7) is 7.53. The summed E-state index contributed by atoms with van der Waals surface area (Å²) in [6, 6.07) is 2.09. The molecule has 1 aliphatic carbocycles. The lowest BCUT2D eigenvalue weighted by atomic mass is 9.95. The van der Waals surface area contributed by atoms with Gasteiger partial charge in [-0.05, 0) is 57.0 Å². The maximum Gasteiger partial charge on any atom is 0.225 e. The molecule has 3 rings (SSSR count). The first-order valence-corrected chi connectivity index (χ1v) is 9.86. The van der Waals surface area contributed by atoms with Crippen molar-refractivity contribution in [3.8, 4) is 0 Å². The van der Waals surface area contributed by atoms with Gasteiger partial charge in [-0.3, -0.25) is 0 Å². The van der Waals surface area contributed by atoms with E-state index in [-0.39, 0.29) is 12.6 Å².